The zero-order valence-corrected chi connectivity index (χ0v) is 15.5. The number of benzene rings is 1. The van der Waals surface area contributed by atoms with Crippen LogP contribution in [0.2, 0.25) is 0 Å². The summed E-state index contributed by atoms with van der Waals surface area (Å²) in [5.74, 6) is 1.47. The van der Waals surface area contributed by atoms with Crippen molar-refractivity contribution >= 4 is 22.4 Å². The molecule has 3 heterocycles. The molecule has 0 amide bonds. The number of rotatable bonds is 7. The Bertz CT molecular complexity index is 1080. The number of hydrogen-bond donors (Lipinski definition) is 2. The van der Waals surface area contributed by atoms with E-state index in [0.717, 1.165) is 29.6 Å². The zero-order valence-electron chi connectivity index (χ0n) is 15.5. The first kappa shape index (κ1) is 17.7. The van der Waals surface area contributed by atoms with Gasteiger partial charge in [0.05, 0.1) is 6.33 Å². The first-order valence-corrected chi connectivity index (χ1v) is 9.05. The summed E-state index contributed by atoms with van der Waals surface area (Å²) in [5, 5.41) is 4.24. The predicted octanol–water partition coefficient (Wildman–Crippen LogP) is 3.41. The summed E-state index contributed by atoms with van der Waals surface area (Å²) in [6.07, 6.45) is 7.84. The highest BCUT2D eigenvalue weighted by Crippen LogP contribution is 2.32. The van der Waals surface area contributed by atoms with Gasteiger partial charge >= 0.3 is 0 Å². The highest BCUT2D eigenvalue weighted by Gasteiger charge is 2.12. The van der Waals surface area contributed by atoms with Gasteiger partial charge in [0.25, 0.3) is 0 Å². The van der Waals surface area contributed by atoms with Crippen LogP contribution in [-0.2, 0) is 6.54 Å². The smallest absolute Gasteiger partial charge is 0.248 e. The van der Waals surface area contributed by atoms with Crippen molar-refractivity contribution in [2.75, 3.05) is 17.6 Å². The molecule has 3 aromatic heterocycles. The van der Waals surface area contributed by atoms with Gasteiger partial charge in [-0.2, -0.15) is 4.98 Å². The number of hydrogen-bond acceptors (Lipinski definition) is 7. The van der Waals surface area contributed by atoms with Gasteiger partial charge in [-0.15, -0.1) is 0 Å². The number of fused-ring (bicyclic) bond motifs is 1. The molecule has 142 valence electrons. The number of aryl methyl sites for hydroxylation is 2. The van der Waals surface area contributed by atoms with Crippen LogP contribution in [0.1, 0.15) is 12.1 Å². The highest BCUT2D eigenvalue weighted by atomic mass is 16.5. The van der Waals surface area contributed by atoms with Crippen molar-refractivity contribution in [1.29, 1.82) is 0 Å². The van der Waals surface area contributed by atoms with E-state index in [-0.39, 0.29) is 0 Å². The molecule has 0 bridgehead atoms. The fourth-order valence-corrected chi connectivity index (χ4v) is 2.89. The third-order valence-corrected chi connectivity index (χ3v) is 4.32. The number of anilines is 2. The molecular formula is C20H21N7O. The number of nitrogen functional groups attached to an aromatic ring is 1. The lowest BCUT2D eigenvalue weighted by Crippen LogP contribution is -2.10. The Balaban J connectivity index is 1.48. The van der Waals surface area contributed by atoms with Crippen molar-refractivity contribution in [3.8, 4) is 11.6 Å². The predicted molar refractivity (Wildman–Crippen MR) is 108 cm³/mol. The van der Waals surface area contributed by atoms with E-state index in [1.165, 1.54) is 6.33 Å². The number of aromatic nitrogens is 5. The molecule has 0 aliphatic carbocycles. The van der Waals surface area contributed by atoms with Crippen LogP contribution in [0.15, 0.2) is 55.4 Å². The average Bonchev–Trinajstić information content (AvgIpc) is 3.22. The molecule has 8 heteroatoms. The van der Waals surface area contributed by atoms with Crippen molar-refractivity contribution < 1.29 is 4.74 Å². The summed E-state index contributed by atoms with van der Waals surface area (Å²) in [5.41, 5.74) is 8.29. The Kier molecular flexibility index (Phi) is 5.01. The van der Waals surface area contributed by atoms with Gasteiger partial charge in [0, 0.05) is 36.6 Å². The van der Waals surface area contributed by atoms with Gasteiger partial charge in [-0.05, 0) is 25.5 Å². The summed E-state index contributed by atoms with van der Waals surface area (Å²) in [4.78, 5) is 17.0. The van der Waals surface area contributed by atoms with Crippen molar-refractivity contribution in [1.82, 2.24) is 24.5 Å². The number of para-hydroxylation sites is 1. The van der Waals surface area contributed by atoms with Gasteiger partial charge in [-0.3, -0.25) is 0 Å². The quantitative estimate of drug-likeness (QED) is 0.477. The molecule has 0 aliphatic heterocycles. The van der Waals surface area contributed by atoms with E-state index in [2.05, 4.69) is 25.3 Å². The molecule has 4 aromatic rings. The Labute approximate surface area is 162 Å². The van der Waals surface area contributed by atoms with Gasteiger partial charge in [-0.1, -0.05) is 18.2 Å². The van der Waals surface area contributed by atoms with Crippen molar-refractivity contribution in [3.63, 3.8) is 0 Å². The van der Waals surface area contributed by atoms with Gasteiger partial charge in [0.1, 0.15) is 17.5 Å². The second kappa shape index (κ2) is 7.91. The third kappa shape index (κ3) is 3.85. The molecule has 3 N–H and O–H groups in total. The van der Waals surface area contributed by atoms with E-state index in [1.807, 2.05) is 48.0 Å². The highest BCUT2D eigenvalue weighted by molar-refractivity contribution is 5.85. The molecule has 0 fully saturated rings. The maximum absolute atomic E-state index is 6.23. The Morgan fingerprint density at radius 1 is 1.18 bits per heavy atom. The molecule has 4 rings (SSSR count). The summed E-state index contributed by atoms with van der Waals surface area (Å²) >= 11 is 0. The topological polar surface area (TPSA) is 104 Å². The van der Waals surface area contributed by atoms with Crippen molar-refractivity contribution in [3.05, 3.63) is 61.1 Å². The first-order valence-electron chi connectivity index (χ1n) is 9.05. The molecule has 0 aliphatic rings. The average molecular weight is 375 g/mol. The molecular weight excluding hydrogens is 354 g/mol. The number of pyridine rings is 1. The summed E-state index contributed by atoms with van der Waals surface area (Å²) in [6.45, 7) is 3.53. The maximum atomic E-state index is 6.23. The number of nitrogens with one attached hydrogen (secondary N) is 1. The molecule has 28 heavy (non-hydrogen) atoms. The van der Waals surface area contributed by atoms with Crippen molar-refractivity contribution in [2.24, 2.45) is 0 Å². The minimum absolute atomic E-state index is 0.308. The third-order valence-electron chi connectivity index (χ3n) is 4.32. The minimum Gasteiger partial charge on any atom is -0.435 e. The van der Waals surface area contributed by atoms with E-state index in [4.69, 9.17) is 10.5 Å². The van der Waals surface area contributed by atoms with Crippen LogP contribution in [0.4, 0.5) is 11.5 Å². The fourth-order valence-electron chi connectivity index (χ4n) is 2.89. The fraction of sp³-hybridized carbons (Fsp3) is 0.200. The molecule has 0 saturated carbocycles. The van der Waals surface area contributed by atoms with E-state index >= 15 is 0 Å². The normalized spacial score (nSPS) is 10.9. The number of nitrogens with zero attached hydrogens (tertiary/aromatic N) is 5. The van der Waals surface area contributed by atoms with Crippen LogP contribution >= 0.6 is 0 Å². The number of nitrogens with two attached hydrogens (primary N) is 1. The van der Waals surface area contributed by atoms with Crippen LogP contribution < -0.4 is 15.8 Å². The van der Waals surface area contributed by atoms with Crippen LogP contribution in [0.25, 0.3) is 10.9 Å². The number of imidazole rings is 1. The minimum atomic E-state index is 0.308. The van der Waals surface area contributed by atoms with Gasteiger partial charge in [-0.25, -0.2) is 15.0 Å². The Morgan fingerprint density at radius 3 is 2.96 bits per heavy atom. The van der Waals surface area contributed by atoms with E-state index in [1.54, 1.807) is 12.5 Å². The van der Waals surface area contributed by atoms with Gasteiger partial charge < -0.3 is 20.4 Å². The summed E-state index contributed by atoms with van der Waals surface area (Å²) in [7, 11) is 0. The second-order valence-corrected chi connectivity index (χ2v) is 6.40. The zero-order chi connectivity index (χ0) is 19.3. The SMILES string of the molecule is Cc1ccc2cccc(Oc3ncnc(NCCCn4ccnc4)c3N)c2n1. The first-order chi connectivity index (χ1) is 13.7. The standard InChI is InChI=1S/C20H21N7O/c1-14-6-7-15-4-2-5-16(18(15)26-14)28-20-17(21)19(24-12-25-20)23-8-3-10-27-11-9-22-13-27/h2,4-7,9,11-13H,3,8,10,21H2,1H3,(H,23,24,25). The Morgan fingerprint density at radius 2 is 2.11 bits per heavy atom. The molecule has 1 aromatic carbocycles. The van der Waals surface area contributed by atoms with E-state index in [9.17, 15) is 0 Å². The molecule has 0 spiro atoms. The molecule has 0 atom stereocenters. The summed E-state index contributed by atoms with van der Waals surface area (Å²) < 4.78 is 8.02. The van der Waals surface area contributed by atoms with Crippen molar-refractivity contribution in [2.45, 2.75) is 19.9 Å². The van der Waals surface area contributed by atoms with Gasteiger partial charge in [0.15, 0.2) is 11.6 Å². The van der Waals surface area contributed by atoms with Gasteiger partial charge in [0.2, 0.25) is 5.88 Å². The second-order valence-electron chi connectivity index (χ2n) is 6.40. The maximum Gasteiger partial charge on any atom is 0.248 e. The lowest BCUT2D eigenvalue weighted by molar-refractivity contribution is 0.468. The van der Waals surface area contributed by atoms with Crippen LogP contribution in [0.5, 0.6) is 11.6 Å². The molecule has 0 radical (unpaired) electrons. The van der Waals surface area contributed by atoms with E-state index in [0.29, 0.717) is 29.7 Å². The largest absolute Gasteiger partial charge is 0.435 e. The lowest BCUT2D eigenvalue weighted by atomic mass is 10.2. The summed E-state index contributed by atoms with van der Waals surface area (Å²) in [6, 6.07) is 9.75. The Hall–Kier alpha value is -3.68. The van der Waals surface area contributed by atoms with E-state index < -0.39 is 0 Å². The lowest BCUT2D eigenvalue weighted by Gasteiger charge is -2.13. The van der Waals surface area contributed by atoms with Crippen LogP contribution in [-0.4, -0.2) is 31.0 Å². The number of ether oxygens (including phenoxy) is 1. The van der Waals surface area contributed by atoms with Crippen LogP contribution in [0, 0.1) is 6.92 Å². The molecule has 8 nitrogen and oxygen atoms in total. The van der Waals surface area contributed by atoms with Crippen LogP contribution in [0.3, 0.4) is 0 Å². The molecule has 0 unspecified atom stereocenters. The monoisotopic (exact) mass is 375 g/mol. The molecule has 0 saturated heterocycles.